The van der Waals surface area contributed by atoms with Crippen LogP contribution in [0.3, 0.4) is 0 Å². The maximum atomic E-state index is 6.67. The van der Waals surface area contributed by atoms with E-state index in [0.717, 1.165) is 6.42 Å². The Morgan fingerprint density at radius 2 is 2.25 bits per heavy atom. The third kappa shape index (κ3) is 3.32. The monoisotopic (exact) mass is 105 g/mol. The molecule has 0 amide bonds. The minimum absolute atomic E-state index is 0.197. The van der Waals surface area contributed by atoms with Crippen LogP contribution < -0.4 is 0 Å². The predicted octanol–water partition coefficient (Wildman–Crippen LogP) is 1.63. The Kier molecular flexibility index (Phi) is 3.81. The molecule has 0 rings (SSSR count). The van der Waals surface area contributed by atoms with Gasteiger partial charge in [0.25, 0.3) is 0 Å². The topological polar surface area (TPSA) is 0 Å². The predicted molar refractivity (Wildman–Crippen MR) is 34.4 cm³/mol. The Bertz CT molecular complexity index is 138. The molecule has 0 fully saturated rings. The Hall–Kier alpha value is -0.880. The van der Waals surface area contributed by atoms with E-state index in [0.29, 0.717) is 0 Å². The van der Waals surface area contributed by atoms with Crippen molar-refractivity contribution in [1.82, 2.24) is 0 Å². The highest BCUT2D eigenvalue weighted by Gasteiger charge is 1.88. The van der Waals surface area contributed by atoms with Crippen molar-refractivity contribution < 1.29 is 0 Å². The molecule has 0 nitrogen and oxygen atoms in total. The Balaban J connectivity index is 3.38. The van der Waals surface area contributed by atoms with Crippen LogP contribution in [0.5, 0.6) is 0 Å². The fraction of sp³-hybridized carbons (Fsp3) is 0.500. The van der Waals surface area contributed by atoms with Gasteiger partial charge >= 0.3 is 0 Å². The second-order valence-electron chi connectivity index (χ2n) is 1.68. The van der Waals surface area contributed by atoms with Crippen LogP contribution in [0.1, 0.15) is 20.3 Å². The van der Waals surface area contributed by atoms with E-state index in [-0.39, 0.29) is 5.92 Å². The average molecular weight is 105 g/mol. The summed E-state index contributed by atoms with van der Waals surface area (Å²) in [6, 6.07) is 0. The van der Waals surface area contributed by atoms with Gasteiger partial charge in [-0.05, 0) is 13.3 Å². The Labute approximate surface area is 51.3 Å². The first-order chi connectivity index (χ1) is 3.81. The summed E-state index contributed by atoms with van der Waals surface area (Å²) in [5, 5.41) is 0. The van der Waals surface area contributed by atoms with Gasteiger partial charge in [-0.15, -0.1) is 11.8 Å². The number of hydrogen-bond donors (Lipinski definition) is 0. The lowest BCUT2D eigenvalue weighted by molar-refractivity contribution is 0.788. The second kappa shape index (κ2) is 4.28. The molecule has 0 bridgehead atoms. The zero-order chi connectivity index (χ0) is 6.41. The van der Waals surface area contributed by atoms with Gasteiger partial charge in [-0.25, -0.2) is 0 Å². The van der Waals surface area contributed by atoms with Crippen molar-refractivity contribution in [3.05, 3.63) is 6.42 Å². The molecule has 41 valence electrons. The minimum atomic E-state index is 0.197. The summed E-state index contributed by atoms with van der Waals surface area (Å²) in [5.74, 6) is 8.17. The van der Waals surface area contributed by atoms with Crippen molar-refractivity contribution in [1.29, 1.82) is 0 Å². The van der Waals surface area contributed by atoms with Crippen molar-refractivity contribution >= 4 is 0 Å². The molecule has 0 spiro atoms. The van der Waals surface area contributed by atoms with Crippen LogP contribution in [0.15, 0.2) is 0 Å². The molecule has 0 heterocycles. The van der Waals surface area contributed by atoms with E-state index in [2.05, 4.69) is 17.8 Å². The normalized spacial score (nSPS) is 10.6. The highest BCUT2D eigenvalue weighted by molar-refractivity contribution is 5.00. The Morgan fingerprint density at radius 3 is 2.62 bits per heavy atom. The summed E-state index contributed by atoms with van der Waals surface area (Å²) in [6.45, 7) is 3.73. The molecule has 0 heteroatoms. The minimum Gasteiger partial charge on any atom is -0.107 e. The van der Waals surface area contributed by atoms with Crippen LogP contribution >= 0.6 is 0 Å². The molecule has 0 saturated carbocycles. The smallest absolute Gasteiger partial charge is 0.0294 e. The average Bonchev–Trinajstić information content (AvgIpc) is 1.83. The van der Waals surface area contributed by atoms with E-state index in [1.165, 1.54) is 0 Å². The molecule has 0 aromatic heterocycles. The van der Waals surface area contributed by atoms with Gasteiger partial charge in [0, 0.05) is 12.3 Å². The second-order valence-corrected chi connectivity index (χ2v) is 1.68. The first-order valence-corrected chi connectivity index (χ1v) is 2.63. The first-order valence-electron chi connectivity index (χ1n) is 2.63. The highest BCUT2D eigenvalue weighted by atomic mass is 13.9. The molecule has 0 aliphatic rings. The van der Waals surface area contributed by atoms with E-state index < -0.39 is 0 Å². The van der Waals surface area contributed by atoms with Gasteiger partial charge in [-0.3, -0.25) is 0 Å². The third-order valence-corrected chi connectivity index (χ3v) is 0.831. The lowest BCUT2D eigenvalue weighted by atomic mass is 10.1. The van der Waals surface area contributed by atoms with Crippen molar-refractivity contribution in [2.75, 3.05) is 0 Å². The molecule has 0 saturated heterocycles. The molecule has 1 atom stereocenters. The highest BCUT2D eigenvalue weighted by Crippen LogP contribution is 1.95. The lowest BCUT2D eigenvalue weighted by Crippen LogP contribution is -1.84. The van der Waals surface area contributed by atoms with Gasteiger partial charge in [0.2, 0.25) is 0 Å². The van der Waals surface area contributed by atoms with Crippen LogP contribution in [-0.2, 0) is 0 Å². The maximum Gasteiger partial charge on any atom is 0.0294 e. The van der Waals surface area contributed by atoms with Crippen molar-refractivity contribution in [2.24, 2.45) is 5.92 Å². The third-order valence-electron chi connectivity index (χ3n) is 0.831. The zero-order valence-electron chi connectivity index (χ0n) is 5.28. The van der Waals surface area contributed by atoms with Crippen LogP contribution in [0.4, 0.5) is 0 Å². The van der Waals surface area contributed by atoms with E-state index >= 15 is 0 Å². The van der Waals surface area contributed by atoms with Gasteiger partial charge in [-0.2, -0.15) is 0 Å². The fourth-order valence-electron chi connectivity index (χ4n) is 0.306. The molecule has 0 aliphatic heterocycles. The number of rotatable bonds is 1. The molecule has 0 aliphatic carbocycles. The summed E-state index contributed by atoms with van der Waals surface area (Å²) >= 11 is 0. The van der Waals surface area contributed by atoms with E-state index in [9.17, 15) is 0 Å². The first kappa shape index (κ1) is 7.12. The van der Waals surface area contributed by atoms with Gasteiger partial charge < -0.3 is 0 Å². The van der Waals surface area contributed by atoms with Gasteiger partial charge in [0.05, 0.1) is 0 Å². The van der Waals surface area contributed by atoms with Crippen LogP contribution in [0, 0.1) is 30.1 Å². The van der Waals surface area contributed by atoms with E-state index in [1.807, 2.05) is 6.92 Å². The van der Waals surface area contributed by atoms with Crippen LogP contribution in [-0.4, -0.2) is 0 Å². The molecular formula is C8H9. The van der Waals surface area contributed by atoms with Gasteiger partial charge in [-0.1, -0.05) is 12.8 Å². The largest absolute Gasteiger partial charge is 0.107 e. The summed E-state index contributed by atoms with van der Waals surface area (Å²) in [4.78, 5) is 0. The summed E-state index contributed by atoms with van der Waals surface area (Å²) in [5.41, 5.74) is 0. The van der Waals surface area contributed by atoms with E-state index in [1.54, 1.807) is 6.92 Å². The van der Waals surface area contributed by atoms with Crippen molar-refractivity contribution in [3.63, 3.8) is 0 Å². The lowest BCUT2D eigenvalue weighted by Gasteiger charge is -1.90. The molecule has 0 aromatic carbocycles. The van der Waals surface area contributed by atoms with Crippen LogP contribution in [0.2, 0.25) is 0 Å². The van der Waals surface area contributed by atoms with Crippen LogP contribution in [0.25, 0.3) is 0 Å². The van der Waals surface area contributed by atoms with Crippen molar-refractivity contribution in [2.45, 2.75) is 20.3 Å². The standard InChI is InChI=1S/C8H9/c1-4-6-7-8(3)5-2/h8H,7H2,1,3H3. The fourth-order valence-corrected chi connectivity index (χ4v) is 0.306. The summed E-state index contributed by atoms with van der Waals surface area (Å²) in [6.07, 6.45) is 7.43. The molecular weight excluding hydrogens is 96.1 g/mol. The molecule has 0 aromatic rings. The molecule has 1 unspecified atom stereocenters. The van der Waals surface area contributed by atoms with Crippen molar-refractivity contribution in [3.8, 4) is 17.8 Å². The quantitative estimate of drug-likeness (QED) is 0.444. The van der Waals surface area contributed by atoms with Gasteiger partial charge in [0.1, 0.15) is 0 Å². The molecule has 0 N–H and O–H groups in total. The summed E-state index contributed by atoms with van der Waals surface area (Å²) in [7, 11) is 0. The van der Waals surface area contributed by atoms with E-state index in [4.69, 9.17) is 6.42 Å². The SMILES string of the molecule is [C]#CC(C)CC#CC. The number of hydrogen-bond acceptors (Lipinski definition) is 0. The molecule has 1 radical (unpaired) electrons. The summed E-state index contributed by atoms with van der Waals surface area (Å²) < 4.78 is 0. The molecule has 8 heavy (non-hydrogen) atoms. The zero-order valence-corrected chi connectivity index (χ0v) is 5.28. The maximum absolute atomic E-state index is 6.67. The van der Waals surface area contributed by atoms with Gasteiger partial charge in [0.15, 0.2) is 0 Å². The Morgan fingerprint density at radius 1 is 1.62 bits per heavy atom.